The fourth-order valence-electron chi connectivity index (χ4n) is 2.32. The molecule has 2 rings (SSSR count). The summed E-state index contributed by atoms with van der Waals surface area (Å²) in [6.45, 7) is 3.08. The van der Waals surface area contributed by atoms with Gasteiger partial charge in [-0.3, -0.25) is 0 Å². The number of rotatable bonds is 7. The molecule has 0 saturated carbocycles. The van der Waals surface area contributed by atoms with Crippen LogP contribution in [-0.4, -0.2) is 20.3 Å². The summed E-state index contributed by atoms with van der Waals surface area (Å²) in [5.41, 5.74) is 2.54. The average molecular weight is 285 g/mol. The van der Waals surface area contributed by atoms with Gasteiger partial charge in [-0.15, -0.1) is 0 Å². The van der Waals surface area contributed by atoms with Crippen molar-refractivity contribution in [3.05, 3.63) is 59.7 Å². The van der Waals surface area contributed by atoms with Crippen LogP contribution in [0.3, 0.4) is 0 Å². The fourth-order valence-corrected chi connectivity index (χ4v) is 2.32. The predicted molar refractivity (Wildman–Crippen MR) is 86.0 cm³/mol. The topological polar surface area (TPSA) is 30.5 Å². The summed E-state index contributed by atoms with van der Waals surface area (Å²) in [5, 5.41) is 3.54. The highest BCUT2D eigenvalue weighted by atomic mass is 16.5. The summed E-state index contributed by atoms with van der Waals surface area (Å²) >= 11 is 0. The van der Waals surface area contributed by atoms with E-state index in [0.29, 0.717) is 6.04 Å². The Balaban J connectivity index is 1.91. The number of methoxy groups -OCH3 is 2. The van der Waals surface area contributed by atoms with Gasteiger partial charge in [-0.25, -0.2) is 0 Å². The van der Waals surface area contributed by atoms with Gasteiger partial charge in [0.25, 0.3) is 0 Å². The zero-order chi connectivity index (χ0) is 15.1. The van der Waals surface area contributed by atoms with Crippen LogP contribution in [0.25, 0.3) is 0 Å². The average Bonchev–Trinajstić information content (AvgIpc) is 2.53. The van der Waals surface area contributed by atoms with Crippen molar-refractivity contribution in [2.45, 2.75) is 25.9 Å². The Kier molecular flexibility index (Phi) is 5.64. The molecule has 0 amide bonds. The van der Waals surface area contributed by atoms with E-state index in [-0.39, 0.29) is 0 Å². The lowest BCUT2D eigenvalue weighted by Gasteiger charge is -2.15. The number of ether oxygens (including phenoxy) is 2. The minimum atomic E-state index is 0.392. The fraction of sp³-hybridized carbons (Fsp3) is 0.333. The van der Waals surface area contributed by atoms with E-state index in [1.807, 2.05) is 18.2 Å². The third kappa shape index (κ3) is 4.50. The molecule has 0 aromatic heterocycles. The molecule has 0 bridgehead atoms. The lowest BCUT2D eigenvalue weighted by Crippen LogP contribution is -2.27. The van der Waals surface area contributed by atoms with E-state index in [1.165, 1.54) is 11.1 Å². The van der Waals surface area contributed by atoms with Gasteiger partial charge < -0.3 is 14.8 Å². The van der Waals surface area contributed by atoms with Gasteiger partial charge in [0.1, 0.15) is 0 Å². The molecule has 1 N–H and O–H groups in total. The number of hydrogen-bond donors (Lipinski definition) is 1. The Morgan fingerprint density at radius 1 is 0.905 bits per heavy atom. The van der Waals surface area contributed by atoms with Crippen LogP contribution in [0.2, 0.25) is 0 Å². The maximum absolute atomic E-state index is 5.34. The summed E-state index contributed by atoms with van der Waals surface area (Å²) in [5.74, 6) is 1.55. The summed E-state index contributed by atoms with van der Waals surface area (Å²) < 4.78 is 10.6. The Labute approximate surface area is 126 Å². The summed E-state index contributed by atoms with van der Waals surface area (Å²) in [7, 11) is 3.32. The zero-order valence-electron chi connectivity index (χ0n) is 12.9. The van der Waals surface area contributed by atoms with E-state index < -0.39 is 0 Å². The van der Waals surface area contributed by atoms with Crippen LogP contribution in [0.4, 0.5) is 0 Å². The highest BCUT2D eigenvalue weighted by Crippen LogP contribution is 2.27. The van der Waals surface area contributed by atoms with Crippen LogP contribution in [-0.2, 0) is 13.0 Å². The van der Waals surface area contributed by atoms with E-state index in [4.69, 9.17) is 9.47 Å². The molecule has 0 spiro atoms. The first kappa shape index (κ1) is 15.4. The van der Waals surface area contributed by atoms with Crippen molar-refractivity contribution in [2.75, 3.05) is 14.2 Å². The number of nitrogens with one attached hydrogen (secondary N) is 1. The van der Waals surface area contributed by atoms with Gasteiger partial charge >= 0.3 is 0 Å². The normalized spacial score (nSPS) is 12.0. The van der Waals surface area contributed by atoms with Gasteiger partial charge in [0, 0.05) is 12.6 Å². The van der Waals surface area contributed by atoms with Gasteiger partial charge in [0.15, 0.2) is 11.5 Å². The third-order valence-electron chi connectivity index (χ3n) is 3.49. The van der Waals surface area contributed by atoms with Gasteiger partial charge in [0.2, 0.25) is 0 Å². The Hall–Kier alpha value is -2.00. The highest BCUT2D eigenvalue weighted by Gasteiger charge is 2.08. The maximum atomic E-state index is 5.34. The molecule has 3 heteroatoms. The van der Waals surface area contributed by atoms with Gasteiger partial charge in [0.05, 0.1) is 14.2 Å². The van der Waals surface area contributed by atoms with Crippen molar-refractivity contribution in [3.63, 3.8) is 0 Å². The molecular formula is C18H23NO2. The number of hydrogen-bond acceptors (Lipinski definition) is 3. The second-order valence-corrected chi connectivity index (χ2v) is 5.16. The van der Waals surface area contributed by atoms with Crippen LogP contribution in [0.1, 0.15) is 18.1 Å². The first-order chi connectivity index (χ1) is 10.2. The Morgan fingerprint density at radius 2 is 1.62 bits per heavy atom. The largest absolute Gasteiger partial charge is 0.493 e. The molecule has 1 atom stereocenters. The van der Waals surface area contributed by atoms with Gasteiger partial charge in [-0.2, -0.15) is 0 Å². The van der Waals surface area contributed by atoms with Crippen molar-refractivity contribution in [3.8, 4) is 11.5 Å². The van der Waals surface area contributed by atoms with E-state index in [9.17, 15) is 0 Å². The molecule has 112 valence electrons. The quantitative estimate of drug-likeness (QED) is 0.845. The maximum Gasteiger partial charge on any atom is 0.160 e. The van der Waals surface area contributed by atoms with Crippen molar-refractivity contribution in [2.24, 2.45) is 0 Å². The van der Waals surface area contributed by atoms with Crippen LogP contribution < -0.4 is 14.8 Å². The van der Waals surface area contributed by atoms with E-state index in [2.05, 4.69) is 42.6 Å². The van der Waals surface area contributed by atoms with E-state index in [0.717, 1.165) is 24.5 Å². The lowest BCUT2D eigenvalue weighted by molar-refractivity contribution is 0.354. The van der Waals surface area contributed by atoms with Gasteiger partial charge in [-0.1, -0.05) is 36.4 Å². The number of benzene rings is 2. The molecule has 0 heterocycles. The molecule has 2 aromatic rings. The van der Waals surface area contributed by atoms with Crippen molar-refractivity contribution < 1.29 is 9.47 Å². The van der Waals surface area contributed by atoms with E-state index >= 15 is 0 Å². The first-order valence-electron chi connectivity index (χ1n) is 7.21. The Morgan fingerprint density at radius 3 is 2.29 bits per heavy atom. The summed E-state index contributed by atoms with van der Waals surface area (Å²) in [6.07, 6.45) is 0.952. The second-order valence-electron chi connectivity index (χ2n) is 5.16. The molecular weight excluding hydrogens is 262 g/mol. The zero-order valence-corrected chi connectivity index (χ0v) is 12.9. The molecule has 0 aliphatic rings. The van der Waals surface area contributed by atoms with Crippen molar-refractivity contribution in [1.29, 1.82) is 0 Å². The smallest absolute Gasteiger partial charge is 0.160 e. The molecule has 21 heavy (non-hydrogen) atoms. The van der Waals surface area contributed by atoms with Gasteiger partial charge in [-0.05, 0) is 36.6 Å². The molecule has 0 aliphatic carbocycles. The minimum absolute atomic E-state index is 0.392. The molecule has 0 radical (unpaired) electrons. The SMILES string of the molecule is COc1ccc(C[C@H](C)NCc2ccccc2)cc1OC. The van der Waals surface area contributed by atoms with E-state index in [1.54, 1.807) is 14.2 Å². The van der Waals surface area contributed by atoms with Crippen LogP contribution >= 0.6 is 0 Å². The molecule has 0 fully saturated rings. The molecule has 0 aliphatic heterocycles. The first-order valence-corrected chi connectivity index (χ1v) is 7.21. The second kappa shape index (κ2) is 7.70. The third-order valence-corrected chi connectivity index (χ3v) is 3.49. The predicted octanol–water partition coefficient (Wildman–Crippen LogP) is 3.42. The Bertz CT molecular complexity index is 554. The minimum Gasteiger partial charge on any atom is -0.493 e. The van der Waals surface area contributed by atoms with Crippen LogP contribution in [0, 0.1) is 0 Å². The van der Waals surface area contributed by atoms with Crippen LogP contribution in [0.5, 0.6) is 11.5 Å². The van der Waals surface area contributed by atoms with Crippen molar-refractivity contribution >= 4 is 0 Å². The lowest BCUT2D eigenvalue weighted by atomic mass is 10.1. The molecule has 3 nitrogen and oxygen atoms in total. The highest BCUT2D eigenvalue weighted by molar-refractivity contribution is 5.43. The summed E-state index contributed by atoms with van der Waals surface area (Å²) in [4.78, 5) is 0. The summed E-state index contributed by atoms with van der Waals surface area (Å²) in [6, 6.07) is 16.9. The van der Waals surface area contributed by atoms with Crippen molar-refractivity contribution in [1.82, 2.24) is 5.32 Å². The molecule has 0 saturated heterocycles. The standard InChI is InChI=1S/C18H23NO2/c1-14(19-13-15-7-5-4-6-8-15)11-16-9-10-17(20-2)18(12-16)21-3/h4-10,12,14,19H,11,13H2,1-3H3/t14-/m0/s1. The molecule has 0 unspecified atom stereocenters. The molecule has 2 aromatic carbocycles. The monoisotopic (exact) mass is 285 g/mol. The van der Waals surface area contributed by atoms with Crippen LogP contribution in [0.15, 0.2) is 48.5 Å².